The molecule has 0 radical (unpaired) electrons. The number of nitrogens with one attached hydrogen (secondary N) is 1. The van der Waals surface area contributed by atoms with Gasteiger partial charge in [-0.15, -0.1) is 0 Å². The van der Waals surface area contributed by atoms with Crippen LogP contribution in [0.5, 0.6) is 11.5 Å². The zero-order valence-electron chi connectivity index (χ0n) is 11.7. The molecule has 2 rings (SSSR count). The van der Waals surface area contributed by atoms with Gasteiger partial charge in [0.2, 0.25) is 0 Å². The topological polar surface area (TPSA) is 30.5 Å². The predicted molar refractivity (Wildman–Crippen MR) is 89.3 cm³/mol. The molecule has 0 aliphatic rings. The van der Waals surface area contributed by atoms with E-state index >= 15 is 0 Å². The third kappa shape index (κ3) is 4.71. The first-order valence-corrected chi connectivity index (χ1v) is 7.79. The molecule has 5 heteroatoms. The maximum Gasteiger partial charge on any atom is 0.150 e. The van der Waals surface area contributed by atoms with Crippen molar-refractivity contribution in [2.75, 3.05) is 20.3 Å². The molecule has 0 spiro atoms. The highest BCUT2D eigenvalue weighted by Gasteiger charge is 2.11. The standard InChI is InChI=1S/C16H17BrClNO2/c1-20-10-9-19-11-12-5-4-7-14(18)16(12)21-15-8-3-2-6-13(15)17/h2-8,19H,9-11H2,1H3. The summed E-state index contributed by atoms with van der Waals surface area (Å²) in [7, 11) is 1.68. The largest absolute Gasteiger partial charge is 0.454 e. The highest BCUT2D eigenvalue weighted by molar-refractivity contribution is 9.10. The lowest BCUT2D eigenvalue weighted by Crippen LogP contribution is -2.18. The van der Waals surface area contributed by atoms with Crippen molar-refractivity contribution >= 4 is 27.5 Å². The Kier molecular flexibility index (Phi) is 6.51. The summed E-state index contributed by atoms with van der Waals surface area (Å²) in [6.07, 6.45) is 0. The predicted octanol–water partition coefficient (Wildman–Crippen LogP) is 4.63. The Morgan fingerprint density at radius 3 is 2.71 bits per heavy atom. The fraction of sp³-hybridized carbons (Fsp3) is 0.250. The molecule has 2 aromatic carbocycles. The normalized spacial score (nSPS) is 10.6. The summed E-state index contributed by atoms with van der Waals surface area (Å²) in [5.74, 6) is 1.42. The molecule has 0 heterocycles. The maximum absolute atomic E-state index is 6.28. The number of benzene rings is 2. The minimum atomic E-state index is 0.594. The van der Waals surface area contributed by atoms with E-state index in [1.807, 2.05) is 42.5 Å². The van der Waals surface area contributed by atoms with E-state index in [1.165, 1.54) is 0 Å². The smallest absolute Gasteiger partial charge is 0.150 e. The maximum atomic E-state index is 6.28. The SMILES string of the molecule is COCCNCc1cccc(Cl)c1Oc1ccccc1Br. The van der Waals surface area contributed by atoms with Gasteiger partial charge in [-0.3, -0.25) is 0 Å². The van der Waals surface area contributed by atoms with Crippen molar-refractivity contribution in [1.82, 2.24) is 5.32 Å². The van der Waals surface area contributed by atoms with Gasteiger partial charge in [-0.1, -0.05) is 35.9 Å². The number of hydrogen-bond acceptors (Lipinski definition) is 3. The summed E-state index contributed by atoms with van der Waals surface area (Å²) in [6, 6.07) is 13.4. The van der Waals surface area contributed by atoms with Crippen LogP contribution in [0.1, 0.15) is 5.56 Å². The van der Waals surface area contributed by atoms with Crippen LogP contribution in [0.4, 0.5) is 0 Å². The zero-order chi connectivity index (χ0) is 15.1. The average Bonchev–Trinajstić information content (AvgIpc) is 2.49. The lowest BCUT2D eigenvalue weighted by atomic mass is 10.2. The first-order valence-electron chi connectivity index (χ1n) is 6.62. The quantitative estimate of drug-likeness (QED) is 0.721. The molecule has 1 N–H and O–H groups in total. The molecule has 0 aliphatic carbocycles. The molecular formula is C16H17BrClNO2. The fourth-order valence-corrected chi connectivity index (χ4v) is 2.44. The molecule has 0 atom stereocenters. The Balaban J connectivity index is 2.16. The van der Waals surface area contributed by atoms with Gasteiger partial charge >= 0.3 is 0 Å². The molecule has 0 bridgehead atoms. The van der Waals surface area contributed by atoms with Gasteiger partial charge in [0, 0.05) is 25.8 Å². The van der Waals surface area contributed by atoms with E-state index in [9.17, 15) is 0 Å². The van der Waals surface area contributed by atoms with E-state index < -0.39 is 0 Å². The summed E-state index contributed by atoms with van der Waals surface area (Å²) >= 11 is 9.75. The summed E-state index contributed by atoms with van der Waals surface area (Å²) in [4.78, 5) is 0. The van der Waals surface area contributed by atoms with Crippen molar-refractivity contribution in [2.24, 2.45) is 0 Å². The molecule has 0 saturated heterocycles. The molecule has 0 saturated carbocycles. The van der Waals surface area contributed by atoms with Crippen LogP contribution in [-0.2, 0) is 11.3 Å². The van der Waals surface area contributed by atoms with E-state index in [2.05, 4.69) is 21.2 Å². The summed E-state index contributed by atoms with van der Waals surface area (Å²) in [6.45, 7) is 2.11. The second-order valence-corrected chi connectivity index (χ2v) is 5.69. The molecule has 0 unspecified atom stereocenters. The van der Waals surface area contributed by atoms with Gasteiger partial charge in [-0.05, 0) is 34.1 Å². The van der Waals surface area contributed by atoms with Crippen molar-refractivity contribution in [3.8, 4) is 11.5 Å². The molecule has 3 nitrogen and oxygen atoms in total. The second kappa shape index (κ2) is 8.39. The molecule has 0 aliphatic heterocycles. The number of ether oxygens (including phenoxy) is 2. The van der Waals surface area contributed by atoms with Crippen molar-refractivity contribution < 1.29 is 9.47 Å². The van der Waals surface area contributed by atoms with Crippen LogP contribution in [0.15, 0.2) is 46.9 Å². The second-order valence-electron chi connectivity index (χ2n) is 4.43. The Morgan fingerprint density at radius 2 is 1.95 bits per heavy atom. The Hall–Kier alpha value is -1.07. The highest BCUT2D eigenvalue weighted by atomic mass is 79.9. The first kappa shape index (κ1) is 16.3. The third-order valence-corrected chi connectivity index (χ3v) is 3.85. The average molecular weight is 371 g/mol. The third-order valence-electron chi connectivity index (χ3n) is 2.90. The van der Waals surface area contributed by atoms with E-state index in [0.717, 1.165) is 22.3 Å². The summed E-state index contributed by atoms with van der Waals surface area (Å²) < 4.78 is 11.9. The first-order chi connectivity index (χ1) is 10.2. The molecule has 0 fully saturated rings. The Labute approximate surface area is 138 Å². The molecule has 112 valence electrons. The van der Waals surface area contributed by atoms with Crippen LogP contribution < -0.4 is 10.1 Å². The van der Waals surface area contributed by atoms with Crippen LogP contribution in [0.3, 0.4) is 0 Å². The number of methoxy groups -OCH3 is 1. The molecule has 0 aromatic heterocycles. The van der Waals surface area contributed by atoms with Gasteiger partial charge in [0.15, 0.2) is 5.75 Å². The lowest BCUT2D eigenvalue weighted by Gasteiger charge is -2.14. The van der Waals surface area contributed by atoms with Gasteiger partial charge in [-0.2, -0.15) is 0 Å². The van der Waals surface area contributed by atoms with Gasteiger partial charge in [0.05, 0.1) is 16.1 Å². The van der Waals surface area contributed by atoms with Crippen molar-refractivity contribution in [2.45, 2.75) is 6.54 Å². The molecule has 2 aromatic rings. The van der Waals surface area contributed by atoms with Crippen LogP contribution in [-0.4, -0.2) is 20.3 Å². The van der Waals surface area contributed by atoms with E-state index in [0.29, 0.717) is 23.9 Å². The molecular weight excluding hydrogens is 354 g/mol. The number of rotatable bonds is 7. The number of halogens is 2. The molecule has 0 amide bonds. The van der Waals surface area contributed by atoms with Crippen LogP contribution >= 0.6 is 27.5 Å². The van der Waals surface area contributed by atoms with Crippen LogP contribution in [0.25, 0.3) is 0 Å². The minimum Gasteiger partial charge on any atom is -0.454 e. The Morgan fingerprint density at radius 1 is 1.14 bits per heavy atom. The monoisotopic (exact) mass is 369 g/mol. The van der Waals surface area contributed by atoms with Crippen molar-refractivity contribution in [3.63, 3.8) is 0 Å². The molecule has 21 heavy (non-hydrogen) atoms. The lowest BCUT2D eigenvalue weighted by molar-refractivity contribution is 0.199. The highest BCUT2D eigenvalue weighted by Crippen LogP contribution is 2.36. The van der Waals surface area contributed by atoms with Crippen LogP contribution in [0, 0.1) is 0 Å². The van der Waals surface area contributed by atoms with Gasteiger partial charge in [-0.25, -0.2) is 0 Å². The van der Waals surface area contributed by atoms with Crippen molar-refractivity contribution in [3.05, 3.63) is 57.5 Å². The van der Waals surface area contributed by atoms with Gasteiger partial charge in [0.25, 0.3) is 0 Å². The van der Waals surface area contributed by atoms with Gasteiger partial charge in [0.1, 0.15) is 5.75 Å². The van der Waals surface area contributed by atoms with E-state index in [4.69, 9.17) is 21.1 Å². The number of para-hydroxylation sites is 2. The summed E-state index contributed by atoms with van der Waals surface area (Å²) in [5, 5.41) is 3.89. The van der Waals surface area contributed by atoms with Crippen molar-refractivity contribution in [1.29, 1.82) is 0 Å². The van der Waals surface area contributed by atoms with Crippen LogP contribution in [0.2, 0.25) is 5.02 Å². The Bertz CT molecular complexity index is 592. The fourth-order valence-electron chi connectivity index (χ4n) is 1.84. The van der Waals surface area contributed by atoms with E-state index in [-0.39, 0.29) is 0 Å². The van der Waals surface area contributed by atoms with E-state index in [1.54, 1.807) is 7.11 Å². The number of hydrogen-bond donors (Lipinski definition) is 1. The summed E-state index contributed by atoms with van der Waals surface area (Å²) in [5.41, 5.74) is 1.01. The van der Waals surface area contributed by atoms with Gasteiger partial charge < -0.3 is 14.8 Å². The zero-order valence-corrected chi connectivity index (χ0v) is 14.1. The minimum absolute atomic E-state index is 0.594.